The molecule has 0 bridgehead atoms. The predicted molar refractivity (Wildman–Crippen MR) is 97.8 cm³/mol. The maximum atomic E-state index is 6.09. The van der Waals surface area contributed by atoms with Crippen LogP contribution in [0.3, 0.4) is 0 Å². The smallest absolute Gasteiger partial charge is 0.182 e. The first-order valence-corrected chi connectivity index (χ1v) is 8.56. The SMILES string of the molecule is Clc1ccc(OCC[n+]2ccc(Cc3ccccc3)cc2)c(Cl)c1. The van der Waals surface area contributed by atoms with Crippen molar-refractivity contribution >= 4 is 23.2 Å². The molecule has 0 radical (unpaired) electrons. The summed E-state index contributed by atoms with van der Waals surface area (Å²) in [5.41, 5.74) is 2.61. The van der Waals surface area contributed by atoms with Gasteiger partial charge in [0.05, 0.1) is 5.02 Å². The number of pyridine rings is 1. The van der Waals surface area contributed by atoms with Crippen LogP contribution < -0.4 is 9.30 Å². The topological polar surface area (TPSA) is 13.1 Å². The maximum absolute atomic E-state index is 6.09. The molecule has 122 valence electrons. The molecule has 1 heterocycles. The number of hydrogen-bond donors (Lipinski definition) is 0. The Balaban J connectivity index is 1.53. The Labute approximate surface area is 152 Å². The van der Waals surface area contributed by atoms with Gasteiger partial charge in [0.1, 0.15) is 12.4 Å². The number of hydrogen-bond acceptors (Lipinski definition) is 1. The molecule has 1 aromatic heterocycles. The molecule has 0 N–H and O–H groups in total. The Morgan fingerprint density at radius 2 is 1.54 bits per heavy atom. The second-order valence-corrected chi connectivity index (χ2v) is 6.37. The van der Waals surface area contributed by atoms with Gasteiger partial charge in [0.2, 0.25) is 0 Å². The summed E-state index contributed by atoms with van der Waals surface area (Å²) in [6.45, 7) is 1.30. The molecule has 0 fully saturated rings. The number of rotatable bonds is 6. The third kappa shape index (κ3) is 4.73. The van der Waals surface area contributed by atoms with Crippen LogP contribution in [0, 0.1) is 0 Å². The molecule has 3 rings (SSSR count). The van der Waals surface area contributed by atoms with E-state index in [1.165, 1.54) is 11.1 Å². The van der Waals surface area contributed by atoms with Gasteiger partial charge in [-0.3, -0.25) is 0 Å². The molecule has 2 nitrogen and oxygen atoms in total. The minimum absolute atomic E-state index is 0.533. The molecule has 0 saturated carbocycles. The normalized spacial score (nSPS) is 10.6. The van der Waals surface area contributed by atoms with E-state index in [-0.39, 0.29) is 0 Å². The molecule has 0 aliphatic carbocycles. The van der Waals surface area contributed by atoms with Crippen LogP contribution >= 0.6 is 23.2 Å². The summed E-state index contributed by atoms with van der Waals surface area (Å²) in [5, 5.41) is 1.14. The van der Waals surface area contributed by atoms with Crippen LogP contribution in [0.5, 0.6) is 5.75 Å². The van der Waals surface area contributed by atoms with Crippen LogP contribution in [0.2, 0.25) is 10.0 Å². The second kappa shape index (κ2) is 8.18. The first-order chi connectivity index (χ1) is 11.7. The fourth-order valence-corrected chi connectivity index (χ4v) is 2.90. The second-order valence-electron chi connectivity index (χ2n) is 5.53. The zero-order chi connectivity index (χ0) is 16.8. The highest BCUT2D eigenvalue weighted by Gasteiger charge is 2.05. The highest BCUT2D eigenvalue weighted by molar-refractivity contribution is 6.35. The van der Waals surface area contributed by atoms with Crippen molar-refractivity contribution in [3.63, 3.8) is 0 Å². The average Bonchev–Trinajstić information content (AvgIpc) is 2.59. The lowest BCUT2D eigenvalue weighted by Gasteiger charge is -2.06. The Kier molecular flexibility index (Phi) is 5.73. The van der Waals surface area contributed by atoms with E-state index >= 15 is 0 Å². The molecule has 0 saturated heterocycles. The van der Waals surface area contributed by atoms with E-state index in [1.54, 1.807) is 18.2 Å². The molecule has 2 aromatic carbocycles. The Morgan fingerprint density at radius 3 is 2.25 bits per heavy atom. The van der Waals surface area contributed by atoms with Crippen LogP contribution in [0.4, 0.5) is 0 Å². The molecule has 0 atom stereocenters. The van der Waals surface area contributed by atoms with Crippen LogP contribution in [-0.4, -0.2) is 6.61 Å². The third-order valence-corrected chi connectivity index (χ3v) is 4.24. The Morgan fingerprint density at radius 1 is 0.833 bits per heavy atom. The van der Waals surface area contributed by atoms with Crippen LogP contribution in [0.1, 0.15) is 11.1 Å². The third-order valence-electron chi connectivity index (χ3n) is 3.71. The van der Waals surface area contributed by atoms with Crippen molar-refractivity contribution in [3.05, 3.63) is 94.2 Å². The first kappa shape index (κ1) is 16.8. The van der Waals surface area contributed by atoms with Gasteiger partial charge >= 0.3 is 0 Å². The van der Waals surface area contributed by atoms with Crippen molar-refractivity contribution in [2.24, 2.45) is 0 Å². The van der Waals surface area contributed by atoms with Crippen molar-refractivity contribution in [1.29, 1.82) is 0 Å². The van der Waals surface area contributed by atoms with Crippen LogP contribution in [-0.2, 0) is 13.0 Å². The van der Waals surface area contributed by atoms with Gasteiger partial charge in [0.25, 0.3) is 0 Å². The van der Waals surface area contributed by atoms with E-state index in [0.29, 0.717) is 22.4 Å². The summed E-state index contributed by atoms with van der Waals surface area (Å²) >= 11 is 12.0. The molecule has 24 heavy (non-hydrogen) atoms. The summed E-state index contributed by atoms with van der Waals surface area (Å²) in [7, 11) is 0. The number of benzene rings is 2. The molecular weight excluding hydrogens is 341 g/mol. The molecule has 3 aromatic rings. The van der Waals surface area contributed by atoms with Gasteiger partial charge in [-0.2, -0.15) is 0 Å². The Hall–Kier alpha value is -2.03. The number of ether oxygens (including phenoxy) is 1. The van der Waals surface area contributed by atoms with Gasteiger partial charge in [-0.1, -0.05) is 53.5 Å². The molecule has 0 spiro atoms. The average molecular weight is 359 g/mol. The lowest BCUT2D eigenvalue weighted by molar-refractivity contribution is -0.697. The zero-order valence-corrected chi connectivity index (χ0v) is 14.7. The quantitative estimate of drug-likeness (QED) is 0.568. The van der Waals surface area contributed by atoms with Gasteiger partial charge < -0.3 is 4.74 Å². The molecule has 0 aliphatic heterocycles. The highest BCUT2D eigenvalue weighted by atomic mass is 35.5. The molecule has 0 aliphatic rings. The maximum Gasteiger partial charge on any atom is 0.182 e. The first-order valence-electron chi connectivity index (χ1n) is 7.80. The predicted octanol–water partition coefficient (Wildman–Crippen LogP) is 4.95. The van der Waals surface area contributed by atoms with Crippen molar-refractivity contribution < 1.29 is 9.30 Å². The molecular formula is C20H18Cl2NO+. The zero-order valence-electron chi connectivity index (χ0n) is 13.2. The monoisotopic (exact) mass is 358 g/mol. The van der Waals surface area contributed by atoms with E-state index in [9.17, 15) is 0 Å². The summed E-state index contributed by atoms with van der Waals surface area (Å²) in [4.78, 5) is 0. The van der Waals surface area contributed by atoms with Gasteiger partial charge in [-0.15, -0.1) is 0 Å². The fraction of sp³-hybridized carbons (Fsp3) is 0.150. The van der Waals surface area contributed by atoms with Crippen molar-refractivity contribution in [3.8, 4) is 5.75 Å². The van der Waals surface area contributed by atoms with Crippen molar-refractivity contribution in [2.75, 3.05) is 6.61 Å². The minimum Gasteiger partial charge on any atom is -0.485 e. The van der Waals surface area contributed by atoms with Gasteiger partial charge in [-0.05, 0) is 35.7 Å². The number of nitrogens with zero attached hydrogens (tertiary/aromatic N) is 1. The van der Waals surface area contributed by atoms with Gasteiger partial charge in [0, 0.05) is 17.2 Å². The van der Waals surface area contributed by atoms with E-state index in [1.807, 2.05) is 6.07 Å². The summed E-state index contributed by atoms with van der Waals surface area (Å²) in [5.74, 6) is 0.655. The summed E-state index contributed by atoms with van der Waals surface area (Å²) in [6.07, 6.45) is 5.09. The molecule has 0 amide bonds. The van der Waals surface area contributed by atoms with E-state index in [0.717, 1.165) is 13.0 Å². The van der Waals surface area contributed by atoms with E-state index in [2.05, 4.69) is 53.4 Å². The number of halogens is 2. The lowest BCUT2D eigenvalue weighted by Crippen LogP contribution is -2.35. The van der Waals surface area contributed by atoms with Gasteiger partial charge in [-0.25, -0.2) is 4.57 Å². The Bertz CT molecular complexity index is 788. The molecule has 0 unspecified atom stereocenters. The largest absolute Gasteiger partial charge is 0.485 e. The summed E-state index contributed by atoms with van der Waals surface area (Å²) in [6, 6.07) is 20.0. The van der Waals surface area contributed by atoms with E-state index < -0.39 is 0 Å². The van der Waals surface area contributed by atoms with Crippen molar-refractivity contribution in [2.45, 2.75) is 13.0 Å². The fourth-order valence-electron chi connectivity index (χ4n) is 2.44. The molecule has 4 heteroatoms. The lowest BCUT2D eigenvalue weighted by atomic mass is 10.1. The van der Waals surface area contributed by atoms with Gasteiger partial charge in [0.15, 0.2) is 18.9 Å². The number of aromatic nitrogens is 1. The highest BCUT2D eigenvalue weighted by Crippen LogP contribution is 2.27. The van der Waals surface area contributed by atoms with E-state index in [4.69, 9.17) is 27.9 Å². The summed E-state index contributed by atoms with van der Waals surface area (Å²) < 4.78 is 7.81. The van der Waals surface area contributed by atoms with Crippen molar-refractivity contribution in [1.82, 2.24) is 0 Å². The van der Waals surface area contributed by atoms with Crippen LogP contribution in [0.15, 0.2) is 73.1 Å². The minimum atomic E-state index is 0.533. The van der Waals surface area contributed by atoms with Crippen LogP contribution in [0.25, 0.3) is 0 Å². The standard InChI is InChI=1S/C20H18Cl2NO/c21-18-6-7-20(19(22)15-18)24-13-12-23-10-8-17(9-11-23)14-16-4-2-1-3-5-16/h1-11,15H,12-14H2/q+1.